The summed E-state index contributed by atoms with van der Waals surface area (Å²) in [6, 6.07) is 7.21. The van der Waals surface area contributed by atoms with Crippen molar-refractivity contribution in [3.63, 3.8) is 0 Å². The van der Waals surface area contributed by atoms with Crippen LogP contribution in [0.3, 0.4) is 0 Å². The predicted octanol–water partition coefficient (Wildman–Crippen LogP) is 3.19. The Balaban J connectivity index is 2.26. The van der Waals surface area contributed by atoms with Gasteiger partial charge in [0, 0.05) is 26.0 Å². The molecule has 2 rings (SSSR count). The molecule has 1 amide bonds. The van der Waals surface area contributed by atoms with Crippen molar-refractivity contribution in [1.82, 2.24) is 4.98 Å². The summed E-state index contributed by atoms with van der Waals surface area (Å²) in [5.74, 6) is -0.112. The van der Waals surface area contributed by atoms with Gasteiger partial charge in [-0.25, -0.2) is 9.37 Å². The molecule has 0 aliphatic rings. The fourth-order valence-electron chi connectivity index (χ4n) is 1.71. The third-order valence-corrected chi connectivity index (χ3v) is 3.13. The van der Waals surface area contributed by atoms with E-state index in [1.165, 1.54) is 35.4 Å². The molecule has 0 spiro atoms. The summed E-state index contributed by atoms with van der Waals surface area (Å²) < 4.78 is 12.9. The van der Waals surface area contributed by atoms with Gasteiger partial charge in [0.1, 0.15) is 11.6 Å². The lowest BCUT2D eigenvalue weighted by Crippen LogP contribution is -2.26. The molecule has 0 radical (unpaired) electrons. The van der Waals surface area contributed by atoms with Crippen molar-refractivity contribution in [2.75, 3.05) is 24.3 Å². The van der Waals surface area contributed by atoms with Gasteiger partial charge in [-0.15, -0.1) is 0 Å². The quantitative estimate of drug-likeness (QED) is 0.945. The Labute approximate surface area is 121 Å². The van der Waals surface area contributed by atoms with Crippen LogP contribution in [-0.2, 0) is 0 Å². The highest BCUT2D eigenvalue weighted by Crippen LogP contribution is 2.22. The number of hydrogen-bond donors (Lipinski definition) is 1. The fraction of sp³-hybridized carbons (Fsp3) is 0.143. The Kier molecular flexibility index (Phi) is 4.20. The van der Waals surface area contributed by atoms with Crippen LogP contribution in [0.25, 0.3) is 0 Å². The first-order valence-corrected chi connectivity index (χ1v) is 6.27. The summed E-state index contributed by atoms with van der Waals surface area (Å²) >= 11 is 6.00. The first kappa shape index (κ1) is 14.3. The molecule has 0 aliphatic carbocycles. The maximum absolute atomic E-state index is 12.9. The van der Waals surface area contributed by atoms with Gasteiger partial charge in [0.2, 0.25) is 0 Å². The fourth-order valence-corrected chi connectivity index (χ4v) is 1.98. The molecule has 0 saturated heterocycles. The molecular weight excluding hydrogens is 281 g/mol. The van der Waals surface area contributed by atoms with Crippen LogP contribution in [0.15, 0.2) is 36.5 Å². The van der Waals surface area contributed by atoms with Crippen molar-refractivity contribution in [3.8, 4) is 0 Å². The molecule has 0 saturated carbocycles. The molecule has 2 aromatic rings. The Morgan fingerprint density at radius 1 is 1.35 bits per heavy atom. The Morgan fingerprint density at radius 3 is 2.55 bits per heavy atom. The monoisotopic (exact) mass is 293 g/mol. The number of rotatable bonds is 3. The summed E-state index contributed by atoms with van der Waals surface area (Å²) in [5, 5.41) is 3.19. The van der Waals surface area contributed by atoms with Crippen LogP contribution in [0.5, 0.6) is 0 Å². The lowest BCUT2D eigenvalue weighted by molar-refractivity contribution is 0.0992. The Bertz CT molecular complexity index is 631. The molecule has 1 N–H and O–H groups in total. The molecule has 20 heavy (non-hydrogen) atoms. The summed E-state index contributed by atoms with van der Waals surface area (Å²) in [6.07, 6.45) is 1.44. The SMILES string of the molecule is CNc1ncc(C(=O)N(C)c2ccc(F)cc2)cc1Cl. The largest absolute Gasteiger partial charge is 0.372 e. The zero-order chi connectivity index (χ0) is 14.7. The van der Waals surface area contributed by atoms with Gasteiger partial charge < -0.3 is 10.2 Å². The molecule has 0 unspecified atom stereocenters. The van der Waals surface area contributed by atoms with Gasteiger partial charge in [0.25, 0.3) is 5.91 Å². The Morgan fingerprint density at radius 2 is 2.00 bits per heavy atom. The number of aromatic nitrogens is 1. The van der Waals surface area contributed by atoms with E-state index in [4.69, 9.17) is 11.6 Å². The molecule has 1 aromatic carbocycles. The van der Waals surface area contributed by atoms with E-state index in [2.05, 4.69) is 10.3 Å². The van der Waals surface area contributed by atoms with Crippen molar-refractivity contribution < 1.29 is 9.18 Å². The molecule has 4 nitrogen and oxygen atoms in total. The number of benzene rings is 1. The van der Waals surface area contributed by atoms with E-state index in [0.717, 1.165) is 0 Å². The topological polar surface area (TPSA) is 45.2 Å². The van der Waals surface area contributed by atoms with Crippen LogP contribution in [0.2, 0.25) is 5.02 Å². The highest BCUT2D eigenvalue weighted by Gasteiger charge is 2.15. The minimum Gasteiger partial charge on any atom is -0.372 e. The molecule has 0 atom stereocenters. The molecule has 1 heterocycles. The number of nitrogens with one attached hydrogen (secondary N) is 1. The second-order valence-corrected chi connectivity index (χ2v) is 4.55. The third kappa shape index (κ3) is 2.88. The van der Waals surface area contributed by atoms with Gasteiger partial charge in [0.15, 0.2) is 0 Å². The summed E-state index contributed by atoms with van der Waals surface area (Å²) in [4.78, 5) is 17.8. The van der Waals surface area contributed by atoms with E-state index in [-0.39, 0.29) is 11.7 Å². The van der Waals surface area contributed by atoms with Crippen LogP contribution in [0.4, 0.5) is 15.9 Å². The standard InChI is InChI=1S/C14H13ClFN3O/c1-17-13-12(15)7-9(8-18-13)14(20)19(2)11-5-3-10(16)4-6-11/h3-8H,1-2H3,(H,17,18). The van der Waals surface area contributed by atoms with E-state index < -0.39 is 0 Å². The van der Waals surface area contributed by atoms with Gasteiger partial charge in [-0.2, -0.15) is 0 Å². The summed E-state index contributed by atoms with van der Waals surface area (Å²) in [6.45, 7) is 0. The first-order valence-electron chi connectivity index (χ1n) is 5.90. The van der Waals surface area contributed by atoms with Crippen molar-refractivity contribution in [2.45, 2.75) is 0 Å². The maximum atomic E-state index is 12.9. The highest BCUT2D eigenvalue weighted by atomic mass is 35.5. The number of halogens is 2. The zero-order valence-electron chi connectivity index (χ0n) is 11.0. The second-order valence-electron chi connectivity index (χ2n) is 4.15. The molecule has 0 fully saturated rings. The van der Waals surface area contributed by atoms with E-state index in [1.807, 2.05) is 0 Å². The van der Waals surface area contributed by atoms with E-state index in [0.29, 0.717) is 22.1 Å². The van der Waals surface area contributed by atoms with E-state index in [1.54, 1.807) is 20.2 Å². The van der Waals surface area contributed by atoms with Crippen LogP contribution in [0, 0.1) is 5.82 Å². The average molecular weight is 294 g/mol. The average Bonchev–Trinajstić information content (AvgIpc) is 2.46. The number of nitrogens with zero attached hydrogens (tertiary/aromatic N) is 2. The normalized spacial score (nSPS) is 10.2. The van der Waals surface area contributed by atoms with Crippen molar-refractivity contribution in [2.24, 2.45) is 0 Å². The van der Waals surface area contributed by atoms with Gasteiger partial charge in [-0.3, -0.25) is 4.79 Å². The minimum absolute atomic E-state index is 0.270. The zero-order valence-corrected chi connectivity index (χ0v) is 11.8. The van der Waals surface area contributed by atoms with Crippen LogP contribution < -0.4 is 10.2 Å². The summed E-state index contributed by atoms with van der Waals surface area (Å²) in [5.41, 5.74) is 0.950. The number of hydrogen-bond acceptors (Lipinski definition) is 3. The van der Waals surface area contributed by atoms with Gasteiger partial charge >= 0.3 is 0 Å². The number of pyridine rings is 1. The van der Waals surface area contributed by atoms with E-state index >= 15 is 0 Å². The van der Waals surface area contributed by atoms with Gasteiger partial charge in [-0.1, -0.05) is 11.6 Å². The molecule has 6 heteroatoms. The molecule has 0 bridgehead atoms. The lowest BCUT2D eigenvalue weighted by Gasteiger charge is -2.17. The molecule has 104 valence electrons. The van der Waals surface area contributed by atoms with Crippen molar-refractivity contribution in [3.05, 3.63) is 52.9 Å². The predicted molar refractivity (Wildman–Crippen MR) is 77.9 cm³/mol. The van der Waals surface area contributed by atoms with E-state index in [9.17, 15) is 9.18 Å². The first-order chi connectivity index (χ1) is 9.52. The van der Waals surface area contributed by atoms with Crippen LogP contribution in [-0.4, -0.2) is 25.0 Å². The molecule has 0 aliphatic heterocycles. The Hall–Kier alpha value is -2.14. The van der Waals surface area contributed by atoms with Crippen LogP contribution in [0.1, 0.15) is 10.4 Å². The number of anilines is 2. The molecule has 1 aromatic heterocycles. The third-order valence-electron chi connectivity index (χ3n) is 2.84. The van der Waals surface area contributed by atoms with Crippen LogP contribution >= 0.6 is 11.6 Å². The van der Waals surface area contributed by atoms with Gasteiger partial charge in [0.05, 0.1) is 10.6 Å². The second kappa shape index (κ2) is 5.88. The van der Waals surface area contributed by atoms with Gasteiger partial charge in [-0.05, 0) is 30.3 Å². The highest BCUT2D eigenvalue weighted by molar-refractivity contribution is 6.33. The lowest BCUT2D eigenvalue weighted by atomic mass is 10.2. The minimum atomic E-state index is -0.349. The molecular formula is C14H13ClFN3O. The number of carbonyl (C=O) groups is 1. The number of amides is 1. The maximum Gasteiger partial charge on any atom is 0.259 e. The smallest absolute Gasteiger partial charge is 0.259 e. The number of carbonyl (C=O) groups excluding carboxylic acids is 1. The summed E-state index contributed by atoms with van der Waals surface area (Å²) in [7, 11) is 3.30. The van der Waals surface area contributed by atoms with Crippen molar-refractivity contribution >= 4 is 29.0 Å². The van der Waals surface area contributed by atoms with Crippen molar-refractivity contribution in [1.29, 1.82) is 0 Å².